The number of nitrogens with two attached hydrogens (primary N) is 1. The lowest BCUT2D eigenvalue weighted by Crippen LogP contribution is -2.59. The van der Waals surface area contributed by atoms with Gasteiger partial charge in [0, 0.05) is 6.23 Å². The van der Waals surface area contributed by atoms with Crippen LogP contribution in [0.4, 0.5) is 0 Å². The van der Waals surface area contributed by atoms with Gasteiger partial charge in [-0.05, 0) is 6.92 Å². The predicted molar refractivity (Wildman–Crippen MR) is 25.8 cm³/mol. The highest BCUT2D eigenvalue weighted by Crippen LogP contribution is 1.86. The maximum absolute atomic E-state index is 10.4. The average Bonchev–Trinajstić information content (AvgIpc) is 1.31. The molecule has 1 unspecified atom stereocenters. The Morgan fingerprint density at radius 2 is 1.71 bits per heavy atom. The van der Waals surface area contributed by atoms with Crippen molar-refractivity contribution in [2.75, 3.05) is 14.1 Å². The molecule has 2 N–H and O–H groups in total. The topological polar surface area (TPSA) is 49.1 Å². The Morgan fingerprint density at radius 3 is 1.71 bits per heavy atom. The van der Waals surface area contributed by atoms with Crippen LogP contribution in [-0.4, -0.2) is 24.9 Å². The maximum atomic E-state index is 10.4. The van der Waals surface area contributed by atoms with E-state index in [2.05, 4.69) is 0 Å². The van der Waals surface area contributed by atoms with Gasteiger partial charge >= 0.3 is 0 Å². The van der Waals surface area contributed by atoms with Crippen LogP contribution in [0, 0.1) is 0 Å². The van der Waals surface area contributed by atoms with Crippen molar-refractivity contribution in [3.8, 4) is 0 Å². The van der Waals surface area contributed by atoms with Gasteiger partial charge in [0.15, 0.2) is 0 Å². The molecule has 3 heteroatoms. The van der Waals surface area contributed by atoms with E-state index in [1.165, 1.54) is 0 Å². The Labute approximate surface area is 43.9 Å². The fourth-order valence-corrected chi connectivity index (χ4v) is 0. The van der Waals surface area contributed by atoms with E-state index in [1.54, 1.807) is 21.0 Å². The summed E-state index contributed by atoms with van der Waals surface area (Å²) in [5.41, 5.74) is 0. The van der Waals surface area contributed by atoms with Crippen LogP contribution >= 0.6 is 0 Å². The van der Waals surface area contributed by atoms with Gasteiger partial charge in [0.25, 0.3) is 0 Å². The Hall–Kier alpha value is -0.120. The zero-order chi connectivity index (χ0) is 6.08. The molecule has 0 saturated carbocycles. The summed E-state index contributed by atoms with van der Waals surface area (Å²) in [6, 6.07) is 0. The van der Waals surface area contributed by atoms with Gasteiger partial charge in [-0.15, -0.1) is 0 Å². The van der Waals surface area contributed by atoms with Crippen LogP contribution in [0.5, 0.6) is 0 Å². The second kappa shape index (κ2) is 1.78. The van der Waals surface area contributed by atoms with Crippen LogP contribution in [0.1, 0.15) is 6.92 Å². The quantitative estimate of drug-likeness (QED) is 0.193. The van der Waals surface area contributed by atoms with E-state index in [0.29, 0.717) is 0 Å². The number of quaternary nitrogens is 1. The van der Waals surface area contributed by atoms with Crippen molar-refractivity contribution >= 4 is 0 Å². The summed E-state index contributed by atoms with van der Waals surface area (Å²) in [7, 11) is 3.33. The standard InChI is InChI=1S/C4H12N2O/c1-4(7)6(2,3)5/h4H,5H2,1-3H3. The Balaban J connectivity index is 3.54. The van der Waals surface area contributed by atoms with Crippen molar-refractivity contribution in [3.05, 3.63) is 0 Å². The molecule has 44 valence electrons. The summed E-state index contributed by atoms with van der Waals surface area (Å²) in [6.07, 6.45) is -0.736. The lowest BCUT2D eigenvalue weighted by atomic mass is 10.6. The van der Waals surface area contributed by atoms with Gasteiger partial charge in [-0.2, -0.15) is 5.84 Å². The summed E-state index contributed by atoms with van der Waals surface area (Å²) in [4.78, 5) is 0. The highest BCUT2D eigenvalue weighted by atomic mass is 16.3. The Kier molecular flexibility index (Phi) is 1.75. The van der Waals surface area contributed by atoms with Crippen LogP contribution in [0.3, 0.4) is 0 Å². The maximum Gasteiger partial charge on any atom is 0.0845 e. The molecule has 0 aromatic rings. The lowest BCUT2D eigenvalue weighted by Gasteiger charge is -2.33. The molecule has 0 fully saturated rings. The number of hydrogen-bond acceptors (Lipinski definition) is 2. The molecule has 0 aromatic carbocycles. The van der Waals surface area contributed by atoms with Gasteiger partial charge in [-0.1, -0.05) is 0 Å². The van der Waals surface area contributed by atoms with Gasteiger partial charge < -0.3 is 5.11 Å². The Morgan fingerprint density at radius 1 is 1.57 bits per heavy atom. The molecule has 0 bridgehead atoms. The summed E-state index contributed by atoms with van der Waals surface area (Å²) < 4.78 is 0. The monoisotopic (exact) mass is 104 g/mol. The van der Waals surface area contributed by atoms with Crippen molar-refractivity contribution in [2.24, 2.45) is 5.84 Å². The Bertz CT molecular complexity index is 55.2. The number of rotatable bonds is 1. The zero-order valence-electron chi connectivity index (χ0n) is 5.01. The average molecular weight is 104 g/mol. The first-order valence-electron chi connectivity index (χ1n) is 2.22. The minimum atomic E-state index is -0.736. The first-order valence-corrected chi connectivity index (χ1v) is 2.22. The molecule has 0 amide bonds. The van der Waals surface area contributed by atoms with E-state index in [1.807, 2.05) is 0 Å². The van der Waals surface area contributed by atoms with Gasteiger partial charge in [0.05, 0.1) is 14.1 Å². The lowest BCUT2D eigenvalue weighted by molar-refractivity contribution is -0.992. The zero-order valence-corrected chi connectivity index (χ0v) is 5.01. The molecular formula is C4H12N2O. The fourth-order valence-electron chi connectivity index (χ4n) is 0. The highest BCUT2D eigenvalue weighted by Gasteiger charge is 2.05. The molecule has 0 rings (SSSR count). The van der Waals surface area contributed by atoms with Gasteiger partial charge in [0.2, 0.25) is 0 Å². The van der Waals surface area contributed by atoms with Gasteiger partial charge in [-0.3, -0.25) is 4.59 Å². The van der Waals surface area contributed by atoms with Gasteiger partial charge in [0.1, 0.15) is 0 Å². The molecule has 0 spiro atoms. The van der Waals surface area contributed by atoms with Gasteiger partial charge in [-0.25, -0.2) is 0 Å². The van der Waals surface area contributed by atoms with E-state index in [9.17, 15) is 5.11 Å². The fraction of sp³-hybridized carbons (Fsp3) is 1.00. The van der Waals surface area contributed by atoms with E-state index < -0.39 is 6.23 Å². The SMILES string of the molecule is CC([O-])[N+](C)(C)N. The highest BCUT2D eigenvalue weighted by molar-refractivity contribution is 4.13. The third-order valence-corrected chi connectivity index (χ3v) is 0.937. The van der Waals surface area contributed by atoms with E-state index in [0.717, 1.165) is 0 Å². The number of hydrogen-bond donors (Lipinski definition) is 1. The van der Waals surface area contributed by atoms with Crippen molar-refractivity contribution in [3.63, 3.8) is 0 Å². The molecular weight excluding hydrogens is 92.1 g/mol. The minimum Gasteiger partial charge on any atom is -0.805 e. The summed E-state index contributed by atoms with van der Waals surface area (Å²) in [6.45, 7) is 1.54. The van der Waals surface area contributed by atoms with Crippen LogP contribution < -0.4 is 10.9 Å². The molecule has 0 aromatic heterocycles. The molecule has 0 aliphatic rings. The molecule has 0 saturated heterocycles. The second-order valence-electron chi connectivity index (χ2n) is 2.23. The third-order valence-electron chi connectivity index (χ3n) is 0.937. The van der Waals surface area contributed by atoms with Crippen LogP contribution in [0.25, 0.3) is 0 Å². The van der Waals surface area contributed by atoms with Crippen molar-refractivity contribution in [1.29, 1.82) is 0 Å². The van der Waals surface area contributed by atoms with Crippen molar-refractivity contribution in [2.45, 2.75) is 13.2 Å². The molecule has 0 aliphatic heterocycles. The molecule has 3 nitrogen and oxygen atoms in total. The first kappa shape index (κ1) is 6.88. The normalized spacial score (nSPS) is 16.7. The molecule has 7 heavy (non-hydrogen) atoms. The van der Waals surface area contributed by atoms with E-state index in [-0.39, 0.29) is 4.59 Å². The molecule has 0 heterocycles. The van der Waals surface area contributed by atoms with Crippen LogP contribution in [-0.2, 0) is 0 Å². The summed E-state index contributed by atoms with van der Waals surface area (Å²) in [5, 5.41) is 10.4. The molecule has 0 radical (unpaired) electrons. The number of nitrogens with zero attached hydrogens (tertiary/aromatic N) is 1. The first-order chi connectivity index (χ1) is 2.94. The van der Waals surface area contributed by atoms with E-state index in [4.69, 9.17) is 5.84 Å². The minimum absolute atomic E-state index is 0. The second-order valence-corrected chi connectivity index (χ2v) is 2.23. The smallest absolute Gasteiger partial charge is 0.0845 e. The largest absolute Gasteiger partial charge is 0.805 e. The predicted octanol–water partition coefficient (Wildman–Crippen LogP) is -1.36. The van der Waals surface area contributed by atoms with E-state index >= 15 is 0 Å². The van der Waals surface area contributed by atoms with Crippen LogP contribution in [0.2, 0.25) is 0 Å². The molecule has 1 atom stereocenters. The third kappa shape index (κ3) is 2.56. The van der Waals surface area contributed by atoms with Crippen molar-refractivity contribution < 1.29 is 9.70 Å². The molecule has 0 aliphatic carbocycles. The van der Waals surface area contributed by atoms with Crippen molar-refractivity contribution in [1.82, 2.24) is 0 Å². The van der Waals surface area contributed by atoms with Crippen LogP contribution in [0.15, 0.2) is 0 Å². The summed E-state index contributed by atoms with van der Waals surface area (Å²) in [5.74, 6) is 5.30. The summed E-state index contributed by atoms with van der Waals surface area (Å²) >= 11 is 0.